The van der Waals surface area contributed by atoms with Gasteiger partial charge >= 0.3 is 6.03 Å². The van der Waals surface area contributed by atoms with Gasteiger partial charge in [-0.25, -0.2) is 14.2 Å². The molecule has 0 radical (unpaired) electrons. The van der Waals surface area contributed by atoms with Crippen LogP contribution in [0.4, 0.5) is 10.6 Å². The average molecular weight is 347 g/mol. The van der Waals surface area contributed by atoms with E-state index in [1.54, 1.807) is 34.2 Å². The van der Waals surface area contributed by atoms with Crippen molar-refractivity contribution >= 4 is 11.8 Å². The molecule has 1 aliphatic heterocycles. The normalized spacial score (nSPS) is 21.7. The molecule has 9 heteroatoms. The number of rotatable bonds is 5. The maximum atomic E-state index is 12.6. The summed E-state index contributed by atoms with van der Waals surface area (Å²) in [5.74, 6) is 1.21. The van der Waals surface area contributed by atoms with Gasteiger partial charge in [-0.3, -0.25) is 5.32 Å². The van der Waals surface area contributed by atoms with Crippen LogP contribution in [0.5, 0.6) is 0 Å². The van der Waals surface area contributed by atoms with Gasteiger partial charge in [0.1, 0.15) is 5.82 Å². The number of β-amino-alcohol motifs (C(OH)–C–C–N with tert-alkyl or cyclic N) is 1. The fourth-order valence-corrected chi connectivity index (χ4v) is 3.32. The topological polar surface area (TPSA) is 101 Å². The zero-order chi connectivity index (χ0) is 18.0. The van der Waals surface area contributed by atoms with E-state index in [1.165, 1.54) is 0 Å². The highest BCUT2D eigenvalue weighted by Gasteiger charge is 2.36. The van der Waals surface area contributed by atoms with Crippen molar-refractivity contribution < 1.29 is 9.90 Å². The number of likely N-dealkylation sites (tertiary alicyclic amines) is 1. The number of urea groups is 1. The van der Waals surface area contributed by atoms with Crippen LogP contribution in [0.2, 0.25) is 0 Å². The zero-order valence-corrected chi connectivity index (χ0v) is 14.8. The molecule has 1 aliphatic rings. The summed E-state index contributed by atoms with van der Waals surface area (Å²) < 4.78 is 3.42. The van der Waals surface area contributed by atoms with Gasteiger partial charge in [-0.2, -0.15) is 5.10 Å². The third-order valence-electron chi connectivity index (χ3n) is 4.46. The molecule has 9 nitrogen and oxygen atoms in total. The van der Waals surface area contributed by atoms with Crippen molar-refractivity contribution in [2.45, 2.75) is 45.4 Å². The molecule has 0 spiro atoms. The Morgan fingerprint density at radius 2 is 2.16 bits per heavy atom. The Bertz CT molecular complexity index is 697. The van der Waals surface area contributed by atoms with E-state index in [4.69, 9.17) is 0 Å². The molecule has 2 amide bonds. The SMILES string of the molecule is CC(C)CC(C)n1nccc1NC(=O)N1C[C@@H](O)[C@H](n2ccnn2)C1. The first-order chi connectivity index (χ1) is 12.0. The van der Waals surface area contributed by atoms with Crippen LogP contribution >= 0.6 is 0 Å². The highest BCUT2D eigenvalue weighted by Crippen LogP contribution is 2.24. The molecule has 0 aliphatic carbocycles. The van der Waals surface area contributed by atoms with Crippen LogP contribution < -0.4 is 5.32 Å². The Balaban J connectivity index is 1.65. The van der Waals surface area contributed by atoms with Crippen molar-refractivity contribution in [1.82, 2.24) is 29.7 Å². The minimum Gasteiger partial charge on any atom is -0.389 e. The third-order valence-corrected chi connectivity index (χ3v) is 4.46. The molecule has 25 heavy (non-hydrogen) atoms. The van der Waals surface area contributed by atoms with E-state index >= 15 is 0 Å². The van der Waals surface area contributed by atoms with Gasteiger partial charge in [0.05, 0.1) is 37.1 Å². The molecule has 0 aromatic carbocycles. The van der Waals surface area contributed by atoms with E-state index in [0.29, 0.717) is 18.3 Å². The monoisotopic (exact) mass is 347 g/mol. The van der Waals surface area contributed by atoms with Gasteiger partial charge in [-0.05, 0) is 19.3 Å². The van der Waals surface area contributed by atoms with Gasteiger partial charge in [0.25, 0.3) is 0 Å². The van der Waals surface area contributed by atoms with Crippen LogP contribution in [-0.4, -0.2) is 60.0 Å². The van der Waals surface area contributed by atoms with E-state index in [9.17, 15) is 9.90 Å². The minimum atomic E-state index is -0.669. The number of nitrogens with one attached hydrogen (secondary N) is 1. The van der Waals surface area contributed by atoms with Crippen molar-refractivity contribution in [3.8, 4) is 0 Å². The lowest BCUT2D eigenvalue weighted by Crippen LogP contribution is -2.34. The van der Waals surface area contributed by atoms with Crippen molar-refractivity contribution in [3.63, 3.8) is 0 Å². The van der Waals surface area contributed by atoms with Crippen LogP contribution in [0.3, 0.4) is 0 Å². The largest absolute Gasteiger partial charge is 0.389 e. The lowest BCUT2D eigenvalue weighted by molar-refractivity contribution is 0.139. The number of carbonyl (C=O) groups is 1. The second-order valence-electron chi connectivity index (χ2n) is 6.99. The third kappa shape index (κ3) is 3.81. The standard InChI is InChI=1S/C16H25N7O2/c1-11(2)8-12(3)23-15(4-5-18-23)19-16(25)21-9-13(14(24)10-21)22-7-6-17-20-22/h4-7,11-14,24H,8-10H2,1-3H3,(H,19,25)/t12?,13-,14-/m1/s1. The first-order valence-corrected chi connectivity index (χ1v) is 8.59. The van der Waals surface area contributed by atoms with Crippen LogP contribution in [0.15, 0.2) is 24.7 Å². The van der Waals surface area contributed by atoms with Gasteiger partial charge in [0, 0.05) is 18.8 Å². The molecular formula is C16H25N7O2. The number of hydrogen-bond donors (Lipinski definition) is 2. The fraction of sp³-hybridized carbons (Fsp3) is 0.625. The lowest BCUT2D eigenvalue weighted by Gasteiger charge is -2.20. The molecule has 1 saturated heterocycles. The predicted octanol–water partition coefficient (Wildman–Crippen LogP) is 1.53. The van der Waals surface area contributed by atoms with Crippen LogP contribution in [-0.2, 0) is 0 Å². The summed E-state index contributed by atoms with van der Waals surface area (Å²) in [5.41, 5.74) is 0. The van der Waals surface area contributed by atoms with E-state index in [1.807, 2.05) is 4.68 Å². The van der Waals surface area contributed by atoms with Gasteiger partial charge in [-0.15, -0.1) is 5.10 Å². The van der Waals surface area contributed by atoms with E-state index in [0.717, 1.165) is 6.42 Å². The summed E-state index contributed by atoms with van der Waals surface area (Å²) >= 11 is 0. The Kier molecular flexibility index (Phi) is 5.03. The second-order valence-corrected chi connectivity index (χ2v) is 6.99. The predicted molar refractivity (Wildman–Crippen MR) is 92.1 cm³/mol. The van der Waals surface area contributed by atoms with Crippen molar-refractivity contribution in [2.24, 2.45) is 5.92 Å². The molecule has 1 fully saturated rings. The molecular weight excluding hydrogens is 322 g/mol. The Morgan fingerprint density at radius 1 is 1.36 bits per heavy atom. The molecule has 0 saturated carbocycles. The summed E-state index contributed by atoms with van der Waals surface area (Å²) in [6.07, 6.45) is 5.24. The number of aliphatic hydroxyl groups is 1. The number of aliphatic hydroxyl groups excluding tert-OH is 1. The molecule has 3 rings (SSSR count). The smallest absolute Gasteiger partial charge is 0.323 e. The second kappa shape index (κ2) is 7.22. The summed E-state index contributed by atoms with van der Waals surface area (Å²) in [6.45, 7) is 7.05. The maximum absolute atomic E-state index is 12.6. The number of nitrogens with zero attached hydrogens (tertiary/aromatic N) is 6. The molecule has 1 unspecified atom stereocenters. The Morgan fingerprint density at radius 3 is 2.84 bits per heavy atom. The molecule has 0 bridgehead atoms. The molecule has 2 aromatic rings. The molecule has 2 aromatic heterocycles. The van der Waals surface area contributed by atoms with E-state index < -0.39 is 6.10 Å². The molecule has 2 N–H and O–H groups in total. The fourth-order valence-electron chi connectivity index (χ4n) is 3.32. The van der Waals surface area contributed by atoms with Gasteiger partial charge in [0.15, 0.2) is 0 Å². The van der Waals surface area contributed by atoms with Crippen molar-refractivity contribution in [1.29, 1.82) is 0 Å². The van der Waals surface area contributed by atoms with Crippen LogP contribution in [0.1, 0.15) is 39.3 Å². The van der Waals surface area contributed by atoms with E-state index in [2.05, 4.69) is 41.5 Å². The van der Waals surface area contributed by atoms with Crippen molar-refractivity contribution in [3.05, 3.63) is 24.7 Å². The summed E-state index contributed by atoms with van der Waals surface area (Å²) in [7, 11) is 0. The summed E-state index contributed by atoms with van der Waals surface area (Å²) in [4.78, 5) is 14.2. The molecule has 3 atom stereocenters. The van der Waals surface area contributed by atoms with E-state index in [-0.39, 0.29) is 24.7 Å². The zero-order valence-electron chi connectivity index (χ0n) is 14.8. The number of anilines is 1. The number of carbonyl (C=O) groups excluding carboxylic acids is 1. The van der Waals surface area contributed by atoms with Crippen molar-refractivity contribution in [2.75, 3.05) is 18.4 Å². The van der Waals surface area contributed by atoms with Gasteiger partial charge < -0.3 is 10.0 Å². The molecule has 136 valence electrons. The minimum absolute atomic E-state index is 0.192. The summed E-state index contributed by atoms with van der Waals surface area (Å²) in [6, 6.07) is 1.45. The van der Waals surface area contributed by atoms with Gasteiger partial charge in [0.2, 0.25) is 0 Å². The highest BCUT2D eigenvalue weighted by molar-refractivity contribution is 5.88. The number of hydrogen-bond acceptors (Lipinski definition) is 5. The van der Waals surface area contributed by atoms with Gasteiger partial charge in [-0.1, -0.05) is 19.1 Å². The first-order valence-electron chi connectivity index (χ1n) is 8.59. The Labute approximate surface area is 146 Å². The average Bonchev–Trinajstić information content (AvgIpc) is 3.25. The first kappa shape index (κ1) is 17.4. The summed E-state index contributed by atoms with van der Waals surface area (Å²) in [5, 5.41) is 25.1. The number of amides is 2. The lowest BCUT2D eigenvalue weighted by atomic mass is 10.1. The molecule has 3 heterocycles. The highest BCUT2D eigenvalue weighted by atomic mass is 16.3. The quantitative estimate of drug-likeness (QED) is 0.854. The van der Waals surface area contributed by atoms with Crippen LogP contribution in [0, 0.1) is 5.92 Å². The Hall–Kier alpha value is -2.42. The maximum Gasteiger partial charge on any atom is 0.323 e. The number of aromatic nitrogens is 5. The van der Waals surface area contributed by atoms with Crippen LogP contribution in [0.25, 0.3) is 0 Å².